The van der Waals surface area contributed by atoms with E-state index >= 15 is 0 Å². The molecule has 2 N–H and O–H groups in total. The fourth-order valence-corrected chi connectivity index (χ4v) is 2.64. The number of carboxylic acids is 1. The van der Waals surface area contributed by atoms with Gasteiger partial charge in [-0.2, -0.15) is 0 Å². The second-order valence-electron chi connectivity index (χ2n) is 5.44. The van der Waals surface area contributed by atoms with Crippen molar-refractivity contribution in [3.8, 4) is 0 Å². The predicted molar refractivity (Wildman–Crippen MR) is 81.7 cm³/mol. The number of ether oxygens (including phenoxy) is 1. The third-order valence-electron chi connectivity index (χ3n) is 3.79. The number of anilines is 1. The van der Waals surface area contributed by atoms with Crippen LogP contribution < -0.4 is 5.32 Å². The quantitative estimate of drug-likeness (QED) is 0.856. The zero-order valence-corrected chi connectivity index (χ0v) is 12.3. The van der Waals surface area contributed by atoms with Crippen LogP contribution in [0.4, 0.5) is 5.69 Å². The maximum absolute atomic E-state index is 12.1. The Bertz CT molecular complexity index is 722. The van der Waals surface area contributed by atoms with Gasteiger partial charge in [0, 0.05) is 29.4 Å². The van der Waals surface area contributed by atoms with Gasteiger partial charge in [-0.25, -0.2) is 0 Å². The van der Waals surface area contributed by atoms with Crippen LogP contribution in [0.25, 0.3) is 10.9 Å². The van der Waals surface area contributed by atoms with Gasteiger partial charge in [0.1, 0.15) is 6.54 Å². The van der Waals surface area contributed by atoms with Gasteiger partial charge in [0.25, 0.3) is 0 Å². The highest BCUT2D eigenvalue weighted by molar-refractivity contribution is 5.97. The summed E-state index contributed by atoms with van der Waals surface area (Å²) in [6, 6.07) is 7.30. The molecule has 1 amide bonds. The molecular weight excluding hydrogens is 284 g/mol. The van der Waals surface area contributed by atoms with E-state index < -0.39 is 5.97 Å². The minimum atomic E-state index is -0.884. The zero-order valence-electron chi connectivity index (χ0n) is 12.3. The van der Waals surface area contributed by atoms with Crippen molar-refractivity contribution in [2.75, 3.05) is 11.9 Å². The van der Waals surface area contributed by atoms with Crippen LogP contribution in [0.5, 0.6) is 0 Å². The summed E-state index contributed by atoms with van der Waals surface area (Å²) >= 11 is 0. The lowest BCUT2D eigenvalue weighted by Gasteiger charge is -2.06. The number of nitrogens with one attached hydrogen (secondary N) is 1. The molecular formula is C16H18N2O4. The fourth-order valence-electron chi connectivity index (χ4n) is 2.64. The van der Waals surface area contributed by atoms with E-state index in [4.69, 9.17) is 9.84 Å². The van der Waals surface area contributed by atoms with Gasteiger partial charge in [-0.1, -0.05) is 0 Å². The summed E-state index contributed by atoms with van der Waals surface area (Å²) in [5, 5.41) is 12.7. The number of aromatic nitrogens is 1. The van der Waals surface area contributed by atoms with Gasteiger partial charge in [0.05, 0.1) is 12.0 Å². The van der Waals surface area contributed by atoms with Crippen molar-refractivity contribution in [1.29, 1.82) is 0 Å². The predicted octanol–water partition coefficient (Wildman–Crippen LogP) is 2.09. The maximum atomic E-state index is 12.1. The van der Waals surface area contributed by atoms with Gasteiger partial charge >= 0.3 is 5.97 Å². The average Bonchev–Trinajstić information content (AvgIpc) is 3.13. The highest BCUT2D eigenvalue weighted by Crippen LogP contribution is 2.35. The molecule has 1 aromatic heterocycles. The average molecular weight is 302 g/mol. The van der Waals surface area contributed by atoms with E-state index in [1.165, 1.54) is 0 Å². The van der Waals surface area contributed by atoms with Crippen molar-refractivity contribution in [2.45, 2.75) is 26.0 Å². The molecule has 1 aromatic carbocycles. The number of amides is 1. The van der Waals surface area contributed by atoms with Crippen LogP contribution >= 0.6 is 0 Å². The summed E-state index contributed by atoms with van der Waals surface area (Å²) in [6.07, 6.45) is 2.55. The molecule has 0 aliphatic heterocycles. The van der Waals surface area contributed by atoms with Crippen molar-refractivity contribution < 1.29 is 19.4 Å². The summed E-state index contributed by atoms with van der Waals surface area (Å²) in [4.78, 5) is 22.9. The first kappa shape index (κ1) is 14.6. The van der Waals surface area contributed by atoms with Crippen molar-refractivity contribution in [2.24, 2.45) is 5.92 Å². The smallest absolute Gasteiger partial charge is 0.323 e. The molecule has 3 rings (SSSR count). The first-order chi connectivity index (χ1) is 10.6. The van der Waals surface area contributed by atoms with E-state index in [0.717, 1.165) is 17.3 Å². The third kappa shape index (κ3) is 2.96. The van der Waals surface area contributed by atoms with E-state index in [1.807, 2.05) is 25.1 Å². The largest absolute Gasteiger partial charge is 0.480 e. The highest BCUT2D eigenvalue weighted by Gasteiger charge is 2.43. The van der Waals surface area contributed by atoms with Crippen LogP contribution in [0.1, 0.15) is 13.3 Å². The highest BCUT2D eigenvalue weighted by atomic mass is 16.5. The Kier molecular flexibility index (Phi) is 3.85. The minimum absolute atomic E-state index is 0.0252. The van der Waals surface area contributed by atoms with Crippen molar-refractivity contribution >= 4 is 28.5 Å². The van der Waals surface area contributed by atoms with Crippen molar-refractivity contribution in [1.82, 2.24) is 4.57 Å². The molecule has 1 saturated carbocycles. The van der Waals surface area contributed by atoms with Gasteiger partial charge in [-0.3, -0.25) is 9.59 Å². The molecule has 0 spiro atoms. The first-order valence-electron chi connectivity index (χ1n) is 7.31. The van der Waals surface area contributed by atoms with Crippen molar-refractivity contribution in [3.63, 3.8) is 0 Å². The molecule has 116 valence electrons. The SMILES string of the molecule is CCOC1CC1C(=O)Nc1ccc2c(ccn2CC(=O)O)c1. The van der Waals surface area contributed by atoms with Crippen LogP contribution in [-0.4, -0.2) is 34.3 Å². The molecule has 6 nitrogen and oxygen atoms in total. The van der Waals surface area contributed by atoms with Gasteiger partial charge in [-0.15, -0.1) is 0 Å². The number of hydrogen-bond donors (Lipinski definition) is 2. The number of benzene rings is 1. The number of nitrogens with zero attached hydrogens (tertiary/aromatic N) is 1. The van der Waals surface area contributed by atoms with Gasteiger partial charge in [-0.05, 0) is 37.6 Å². The van der Waals surface area contributed by atoms with E-state index in [0.29, 0.717) is 12.3 Å². The van der Waals surface area contributed by atoms with Crippen LogP contribution in [0.3, 0.4) is 0 Å². The Morgan fingerprint density at radius 2 is 2.23 bits per heavy atom. The van der Waals surface area contributed by atoms with Crippen molar-refractivity contribution in [3.05, 3.63) is 30.5 Å². The lowest BCUT2D eigenvalue weighted by atomic mass is 10.2. The monoisotopic (exact) mass is 302 g/mol. The molecule has 22 heavy (non-hydrogen) atoms. The van der Waals surface area contributed by atoms with Crippen LogP contribution in [-0.2, 0) is 20.9 Å². The minimum Gasteiger partial charge on any atom is -0.480 e. The molecule has 1 aliphatic carbocycles. The van der Waals surface area contributed by atoms with Gasteiger partial charge in [0.15, 0.2) is 0 Å². The van der Waals surface area contributed by atoms with E-state index in [2.05, 4.69) is 5.32 Å². The normalized spacial score (nSPS) is 20.0. The lowest BCUT2D eigenvalue weighted by Crippen LogP contribution is -2.16. The molecule has 2 atom stereocenters. The van der Waals surface area contributed by atoms with E-state index in [1.54, 1.807) is 16.8 Å². The molecule has 2 aromatic rings. The van der Waals surface area contributed by atoms with Gasteiger partial charge in [0.2, 0.25) is 5.91 Å². The fraction of sp³-hybridized carbons (Fsp3) is 0.375. The number of carbonyl (C=O) groups is 2. The third-order valence-corrected chi connectivity index (χ3v) is 3.79. The summed E-state index contributed by atoms with van der Waals surface area (Å²) in [6.45, 7) is 2.47. The van der Waals surface area contributed by atoms with Crippen LogP contribution in [0.15, 0.2) is 30.5 Å². The summed E-state index contributed by atoms with van der Waals surface area (Å²) in [7, 11) is 0. The number of rotatable bonds is 6. The first-order valence-corrected chi connectivity index (χ1v) is 7.31. The molecule has 0 saturated heterocycles. The number of fused-ring (bicyclic) bond motifs is 1. The molecule has 1 aliphatic rings. The Labute approximate surface area is 127 Å². The number of carbonyl (C=O) groups excluding carboxylic acids is 1. The summed E-state index contributed by atoms with van der Waals surface area (Å²) < 4.78 is 7.08. The Morgan fingerprint density at radius 1 is 1.41 bits per heavy atom. The number of aliphatic carboxylic acids is 1. The van der Waals surface area contributed by atoms with Crippen LogP contribution in [0, 0.1) is 5.92 Å². The molecule has 2 unspecified atom stereocenters. The molecule has 0 bridgehead atoms. The zero-order chi connectivity index (χ0) is 15.7. The second kappa shape index (κ2) is 5.81. The second-order valence-corrected chi connectivity index (χ2v) is 5.44. The molecule has 1 fully saturated rings. The van der Waals surface area contributed by atoms with Gasteiger partial charge < -0.3 is 19.7 Å². The number of hydrogen-bond acceptors (Lipinski definition) is 3. The Hall–Kier alpha value is -2.34. The van der Waals surface area contributed by atoms with Crippen LogP contribution in [0.2, 0.25) is 0 Å². The number of carboxylic acid groups (broad SMARTS) is 1. The molecule has 6 heteroatoms. The Balaban J connectivity index is 1.70. The molecule has 1 heterocycles. The summed E-state index contributed by atoms with van der Waals surface area (Å²) in [5.41, 5.74) is 1.55. The van der Waals surface area contributed by atoms with E-state index in [9.17, 15) is 9.59 Å². The topological polar surface area (TPSA) is 80.6 Å². The standard InChI is InChI=1S/C16H18N2O4/c1-2-22-14-8-12(14)16(21)17-11-3-4-13-10(7-11)5-6-18(13)9-15(19)20/h3-7,12,14H,2,8-9H2,1H3,(H,17,21)(H,19,20). The van der Waals surface area contributed by atoms with E-state index in [-0.39, 0.29) is 24.5 Å². The molecule has 0 radical (unpaired) electrons. The summed E-state index contributed by atoms with van der Waals surface area (Å²) in [5.74, 6) is -0.972. The lowest BCUT2D eigenvalue weighted by molar-refractivity contribution is -0.137. The Morgan fingerprint density at radius 3 is 2.95 bits per heavy atom. The maximum Gasteiger partial charge on any atom is 0.323 e.